The Bertz CT molecular complexity index is 1060. The Hall–Kier alpha value is -2.58. The average molecular weight is 418 g/mol. The fourth-order valence-electron chi connectivity index (χ4n) is 3.56. The van der Waals surface area contributed by atoms with Crippen LogP contribution in [0.2, 0.25) is 0 Å². The number of carboxylic acid groups (broad SMARTS) is 1. The molecule has 1 heterocycles. The third-order valence-electron chi connectivity index (χ3n) is 5.12. The molecule has 7 nitrogen and oxygen atoms in total. The number of hydrogen-bond donors (Lipinski definition) is 1. The molecule has 0 aromatic heterocycles. The summed E-state index contributed by atoms with van der Waals surface area (Å²) < 4.78 is 41.8. The number of rotatable bonds is 7. The molecule has 2 aliphatic rings. The van der Waals surface area contributed by atoms with E-state index in [0.717, 1.165) is 5.56 Å². The first-order valence-electron chi connectivity index (χ1n) is 9.32. The Morgan fingerprint density at radius 1 is 1.24 bits per heavy atom. The lowest BCUT2D eigenvalue weighted by Crippen LogP contribution is -2.35. The molecule has 29 heavy (non-hydrogen) atoms. The molecule has 4 rings (SSSR count). The van der Waals surface area contributed by atoms with E-state index in [1.54, 1.807) is 19.2 Å². The fourth-order valence-corrected chi connectivity index (χ4v) is 5.21. The van der Waals surface area contributed by atoms with E-state index in [0.29, 0.717) is 43.1 Å². The first-order chi connectivity index (χ1) is 13.7. The van der Waals surface area contributed by atoms with Crippen molar-refractivity contribution in [3.05, 3.63) is 47.5 Å². The minimum Gasteiger partial charge on any atom is -0.484 e. The van der Waals surface area contributed by atoms with Crippen molar-refractivity contribution < 1.29 is 32.5 Å². The normalized spacial score (nSPS) is 20.8. The smallest absolute Gasteiger partial charge is 0.335 e. The summed E-state index contributed by atoms with van der Waals surface area (Å²) in [6, 6.07) is 9.15. The maximum atomic E-state index is 12.3. The van der Waals surface area contributed by atoms with Gasteiger partial charge in [-0.1, -0.05) is 0 Å². The van der Waals surface area contributed by atoms with Crippen LogP contribution in [0.25, 0.3) is 0 Å². The summed E-state index contributed by atoms with van der Waals surface area (Å²) >= 11 is 0. The van der Waals surface area contributed by atoms with E-state index in [2.05, 4.69) is 0 Å². The van der Waals surface area contributed by atoms with E-state index in [9.17, 15) is 18.3 Å². The maximum absolute atomic E-state index is 12.3. The monoisotopic (exact) mass is 418 g/mol. The molecule has 1 aliphatic heterocycles. The van der Waals surface area contributed by atoms with Crippen molar-refractivity contribution in [3.8, 4) is 17.2 Å². The van der Waals surface area contributed by atoms with Crippen molar-refractivity contribution >= 4 is 15.8 Å². The molecule has 2 aromatic carbocycles. The molecule has 1 unspecified atom stereocenters. The van der Waals surface area contributed by atoms with Crippen molar-refractivity contribution in [3.63, 3.8) is 0 Å². The molecule has 154 valence electrons. The third kappa shape index (κ3) is 3.82. The minimum absolute atomic E-state index is 0.0494. The number of methoxy groups -OCH3 is 1. The Kier molecular flexibility index (Phi) is 4.78. The van der Waals surface area contributed by atoms with Gasteiger partial charge < -0.3 is 19.3 Å². The van der Waals surface area contributed by atoms with Crippen LogP contribution in [0.1, 0.15) is 35.7 Å². The van der Waals surface area contributed by atoms with Crippen LogP contribution >= 0.6 is 0 Å². The number of benzene rings is 2. The highest BCUT2D eigenvalue weighted by atomic mass is 32.2. The van der Waals surface area contributed by atoms with Crippen LogP contribution in [0.5, 0.6) is 17.2 Å². The van der Waals surface area contributed by atoms with E-state index in [1.807, 2.05) is 6.92 Å². The van der Waals surface area contributed by atoms with E-state index < -0.39 is 21.4 Å². The van der Waals surface area contributed by atoms with Crippen LogP contribution in [0.15, 0.2) is 41.3 Å². The summed E-state index contributed by atoms with van der Waals surface area (Å²) in [6.07, 6.45) is 1.91. The van der Waals surface area contributed by atoms with Gasteiger partial charge in [-0.05, 0) is 56.2 Å². The van der Waals surface area contributed by atoms with Crippen molar-refractivity contribution in [1.82, 2.24) is 0 Å². The van der Waals surface area contributed by atoms with Gasteiger partial charge in [-0.2, -0.15) is 0 Å². The van der Waals surface area contributed by atoms with Crippen molar-refractivity contribution in [2.45, 2.75) is 41.9 Å². The highest BCUT2D eigenvalue weighted by Gasteiger charge is 2.38. The van der Waals surface area contributed by atoms with Crippen LogP contribution in [0, 0.1) is 0 Å². The third-order valence-corrected chi connectivity index (χ3v) is 7.39. The number of aromatic carboxylic acids is 1. The molecule has 0 bridgehead atoms. The summed E-state index contributed by atoms with van der Waals surface area (Å²) in [5.41, 5.74) is 0.187. The first-order valence-corrected chi connectivity index (χ1v) is 10.9. The van der Waals surface area contributed by atoms with Gasteiger partial charge in [-0.15, -0.1) is 0 Å². The summed E-state index contributed by atoms with van der Waals surface area (Å²) in [6.45, 7) is 2.23. The molecule has 2 aromatic rings. The highest BCUT2D eigenvalue weighted by Crippen LogP contribution is 2.43. The van der Waals surface area contributed by atoms with Gasteiger partial charge in [-0.3, -0.25) is 0 Å². The van der Waals surface area contributed by atoms with E-state index in [-0.39, 0.29) is 15.7 Å². The largest absolute Gasteiger partial charge is 0.484 e. The first kappa shape index (κ1) is 19.7. The lowest BCUT2D eigenvalue weighted by Gasteiger charge is -2.22. The Morgan fingerprint density at radius 3 is 2.52 bits per heavy atom. The molecule has 0 radical (unpaired) electrons. The molecule has 0 amide bonds. The lowest BCUT2D eigenvalue weighted by molar-refractivity contribution is 0.0204. The molecule has 0 saturated heterocycles. The summed E-state index contributed by atoms with van der Waals surface area (Å²) in [7, 11) is -1.69. The SMILES string of the molecule is COCC1(C)Cc2c(Oc3ccc(S(=O)(=O)C4CC4)cc3)cc(C(=O)O)cc2O1. The number of sulfone groups is 1. The molecule has 1 saturated carbocycles. The number of ether oxygens (including phenoxy) is 3. The highest BCUT2D eigenvalue weighted by molar-refractivity contribution is 7.92. The van der Waals surface area contributed by atoms with Crippen molar-refractivity contribution in [2.75, 3.05) is 13.7 Å². The summed E-state index contributed by atoms with van der Waals surface area (Å²) in [5.74, 6) is 0.155. The second-order valence-electron chi connectivity index (χ2n) is 7.74. The fraction of sp³-hybridized carbons (Fsp3) is 0.381. The van der Waals surface area contributed by atoms with E-state index in [4.69, 9.17) is 14.2 Å². The van der Waals surface area contributed by atoms with E-state index >= 15 is 0 Å². The van der Waals surface area contributed by atoms with Gasteiger partial charge in [0.1, 0.15) is 22.8 Å². The van der Waals surface area contributed by atoms with Gasteiger partial charge in [-0.25, -0.2) is 13.2 Å². The molecular formula is C21H22O7S. The van der Waals surface area contributed by atoms with Crippen molar-refractivity contribution in [1.29, 1.82) is 0 Å². The number of hydrogen-bond acceptors (Lipinski definition) is 6. The number of fused-ring (bicyclic) bond motifs is 1. The van der Waals surface area contributed by atoms with Gasteiger partial charge >= 0.3 is 5.97 Å². The van der Waals surface area contributed by atoms with Crippen LogP contribution in [-0.4, -0.2) is 44.1 Å². The number of carbonyl (C=O) groups is 1. The van der Waals surface area contributed by atoms with Crippen molar-refractivity contribution in [2.24, 2.45) is 0 Å². The quantitative estimate of drug-likeness (QED) is 0.735. The van der Waals surface area contributed by atoms with Gasteiger partial charge in [0.25, 0.3) is 0 Å². The van der Waals surface area contributed by atoms with E-state index in [1.165, 1.54) is 24.3 Å². The number of carboxylic acids is 1. The molecule has 8 heteroatoms. The molecule has 1 N–H and O–H groups in total. The Balaban J connectivity index is 1.64. The molecule has 1 atom stereocenters. The second-order valence-corrected chi connectivity index (χ2v) is 9.96. The van der Waals surface area contributed by atoms with Gasteiger partial charge in [0, 0.05) is 19.1 Å². The minimum atomic E-state index is -3.27. The molecular weight excluding hydrogens is 396 g/mol. The Morgan fingerprint density at radius 2 is 1.93 bits per heavy atom. The topological polar surface area (TPSA) is 99.1 Å². The standard InChI is InChI=1S/C21H22O7S/c1-21(12-26-2)11-17-18(9-13(20(22)23)10-19(17)28-21)27-14-3-5-15(6-4-14)29(24,25)16-7-8-16/h3-6,9-10,16H,7-8,11-12H2,1-2H3,(H,22,23). The Labute approximate surface area is 169 Å². The van der Waals surface area contributed by atoms with Gasteiger partial charge in [0.2, 0.25) is 0 Å². The van der Waals surface area contributed by atoms with Crippen LogP contribution < -0.4 is 9.47 Å². The zero-order valence-corrected chi connectivity index (χ0v) is 17.0. The predicted molar refractivity (Wildman–Crippen MR) is 105 cm³/mol. The van der Waals surface area contributed by atoms with Crippen LogP contribution in [-0.2, 0) is 21.0 Å². The zero-order valence-electron chi connectivity index (χ0n) is 16.2. The average Bonchev–Trinajstić information content (AvgIpc) is 3.46. The molecule has 1 aliphatic carbocycles. The van der Waals surface area contributed by atoms with Crippen LogP contribution in [0.3, 0.4) is 0 Å². The maximum Gasteiger partial charge on any atom is 0.335 e. The predicted octanol–water partition coefficient (Wildman–Crippen LogP) is 3.45. The lowest BCUT2D eigenvalue weighted by atomic mass is 9.98. The zero-order chi connectivity index (χ0) is 20.8. The summed E-state index contributed by atoms with van der Waals surface area (Å²) in [5, 5.41) is 9.14. The van der Waals surface area contributed by atoms with Gasteiger partial charge in [0.15, 0.2) is 9.84 Å². The summed E-state index contributed by atoms with van der Waals surface area (Å²) in [4.78, 5) is 11.8. The molecule has 0 spiro atoms. The molecule has 1 fully saturated rings. The van der Waals surface area contributed by atoms with Crippen LogP contribution in [0.4, 0.5) is 0 Å². The second kappa shape index (κ2) is 7.03. The van der Waals surface area contributed by atoms with Gasteiger partial charge in [0.05, 0.1) is 22.3 Å².